The van der Waals surface area contributed by atoms with Crippen molar-refractivity contribution < 1.29 is 4.79 Å². The SMILES string of the molecule is CC(C)N1CCC(NC(=O)CCc2ccccc2N)CC1.Cl. The molecule has 1 heterocycles. The van der Waals surface area contributed by atoms with Gasteiger partial charge in [-0.1, -0.05) is 18.2 Å². The summed E-state index contributed by atoms with van der Waals surface area (Å²) in [5.74, 6) is 0.140. The highest BCUT2D eigenvalue weighted by molar-refractivity contribution is 5.85. The summed E-state index contributed by atoms with van der Waals surface area (Å²) in [5.41, 5.74) is 7.73. The number of nitrogens with one attached hydrogen (secondary N) is 1. The van der Waals surface area contributed by atoms with Gasteiger partial charge in [-0.05, 0) is 44.7 Å². The standard InChI is InChI=1S/C17H27N3O.ClH/c1-13(2)20-11-9-15(10-12-20)19-17(21)8-7-14-5-3-4-6-16(14)18;/h3-6,13,15H,7-12,18H2,1-2H3,(H,19,21);1H. The van der Waals surface area contributed by atoms with Gasteiger partial charge in [0.05, 0.1) is 0 Å². The van der Waals surface area contributed by atoms with Gasteiger partial charge in [0.2, 0.25) is 5.91 Å². The highest BCUT2D eigenvalue weighted by Crippen LogP contribution is 2.15. The maximum absolute atomic E-state index is 12.0. The van der Waals surface area contributed by atoms with E-state index in [1.807, 2.05) is 24.3 Å². The number of carbonyl (C=O) groups excluding carboxylic acids is 1. The number of nitrogens with zero attached hydrogens (tertiary/aromatic N) is 1. The maximum atomic E-state index is 12.0. The molecule has 0 aliphatic carbocycles. The van der Waals surface area contributed by atoms with Gasteiger partial charge in [-0.25, -0.2) is 0 Å². The van der Waals surface area contributed by atoms with E-state index in [1.165, 1.54) is 0 Å². The Hall–Kier alpha value is -1.26. The molecule has 4 nitrogen and oxygen atoms in total. The van der Waals surface area contributed by atoms with E-state index in [0.29, 0.717) is 24.9 Å². The second-order valence-corrected chi connectivity index (χ2v) is 6.17. The third-order valence-corrected chi connectivity index (χ3v) is 4.30. The van der Waals surface area contributed by atoms with Gasteiger partial charge in [0, 0.05) is 37.3 Å². The van der Waals surface area contributed by atoms with E-state index in [9.17, 15) is 4.79 Å². The molecular formula is C17H28ClN3O. The van der Waals surface area contributed by atoms with E-state index in [4.69, 9.17) is 5.73 Å². The fourth-order valence-electron chi connectivity index (χ4n) is 2.87. The molecule has 22 heavy (non-hydrogen) atoms. The van der Waals surface area contributed by atoms with E-state index in [1.54, 1.807) is 0 Å². The number of para-hydroxylation sites is 1. The zero-order valence-corrected chi connectivity index (χ0v) is 14.4. The number of hydrogen-bond acceptors (Lipinski definition) is 3. The summed E-state index contributed by atoms with van der Waals surface area (Å²) in [6.07, 6.45) is 3.33. The van der Waals surface area contributed by atoms with Crippen molar-refractivity contribution in [1.82, 2.24) is 10.2 Å². The summed E-state index contributed by atoms with van der Waals surface area (Å²) in [5, 5.41) is 3.16. The Bertz CT molecular complexity index is 471. The van der Waals surface area contributed by atoms with Gasteiger partial charge in [0.1, 0.15) is 0 Å². The maximum Gasteiger partial charge on any atom is 0.220 e. The van der Waals surface area contributed by atoms with Gasteiger partial charge in [-0.3, -0.25) is 4.79 Å². The first kappa shape index (κ1) is 18.8. The number of hydrogen-bond donors (Lipinski definition) is 2. The van der Waals surface area contributed by atoms with Crippen molar-refractivity contribution in [3.05, 3.63) is 29.8 Å². The molecule has 1 aromatic carbocycles. The number of carbonyl (C=O) groups is 1. The first-order valence-electron chi connectivity index (χ1n) is 7.93. The zero-order chi connectivity index (χ0) is 15.2. The van der Waals surface area contributed by atoms with Crippen LogP contribution in [-0.2, 0) is 11.2 Å². The summed E-state index contributed by atoms with van der Waals surface area (Å²) >= 11 is 0. The van der Waals surface area contributed by atoms with Gasteiger partial charge in [0.25, 0.3) is 0 Å². The minimum Gasteiger partial charge on any atom is -0.399 e. The van der Waals surface area contributed by atoms with Crippen LogP contribution in [0.5, 0.6) is 0 Å². The molecule has 3 N–H and O–H groups in total. The van der Waals surface area contributed by atoms with Crippen molar-refractivity contribution in [3.8, 4) is 0 Å². The molecule has 5 heteroatoms. The van der Waals surface area contributed by atoms with Gasteiger partial charge in [-0.15, -0.1) is 12.4 Å². The molecule has 1 saturated heterocycles. The Kier molecular flexibility index (Phi) is 7.69. The molecule has 0 saturated carbocycles. The molecular weight excluding hydrogens is 298 g/mol. The van der Waals surface area contributed by atoms with E-state index in [2.05, 4.69) is 24.1 Å². The van der Waals surface area contributed by atoms with Crippen LogP contribution in [0.25, 0.3) is 0 Å². The molecule has 0 aromatic heterocycles. The van der Waals surface area contributed by atoms with Crippen molar-refractivity contribution in [1.29, 1.82) is 0 Å². The van der Waals surface area contributed by atoms with Crippen LogP contribution in [0.15, 0.2) is 24.3 Å². The summed E-state index contributed by atoms with van der Waals surface area (Å²) in [4.78, 5) is 14.5. The number of nitrogens with two attached hydrogens (primary N) is 1. The molecule has 1 amide bonds. The van der Waals surface area contributed by atoms with Gasteiger partial charge >= 0.3 is 0 Å². The molecule has 1 fully saturated rings. The van der Waals surface area contributed by atoms with Crippen molar-refractivity contribution >= 4 is 24.0 Å². The van der Waals surface area contributed by atoms with Crippen molar-refractivity contribution in [2.24, 2.45) is 0 Å². The minimum absolute atomic E-state index is 0. The fourth-order valence-corrected chi connectivity index (χ4v) is 2.87. The molecule has 0 unspecified atom stereocenters. The Balaban J connectivity index is 0.00000242. The van der Waals surface area contributed by atoms with E-state index in [-0.39, 0.29) is 18.3 Å². The lowest BCUT2D eigenvalue weighted by Crippen LogP contribution is -2.46. The Morgan fingerprint density at radius 3 is 2.55 bits per heavy atom. The Morgan fingerprint density at radius 1 is 1.32 bits per heavy atom. The van der Waals surface area contributed by atoms with Crippen LogP contribution in [0.2, 0.25) is 0 Å². The summed E-state index contributed by atoms with van der Waals surface area (Å²) < 4.78 is 0. The number of rotatable bonds is 5. The average Bonchev–Trinajstić information content (AvgIpc) is 2.47. The predicted octanol–water partition coefficient (Wildman–Crippen LogP) is 2.61. The summed E-state index contributed by atoms with van der Waals surface area (Å²) in [7, 11) is 0. The van der Waals surface area contributed by atoms with E-state index in [0.717, 1.165) is 37.2 Å². The topological polar surface area (TPSA) is 58.4 Å². The highest BCUT2D eigenvalue weighted by Gasteiger charge is 2.21. The third kappa shape index (κ3) is 5.50. The Morgan fingerprint density at radius 2 is 1.95 bits per heavy atom. The van der Waals surface area contributed by atoms with Crippen LogP contribution in [0.3, 0.4) is 0 Å². The predicted molar refractivity (Wildman–Crippen MR) is 94.3 cm³/mol. The second kappa shape index (κ2) is 9.01. The quantitative estimate of drug-likeness (QED) is 0.818. The lowest BCUT2D eigenvalue weighted by atomic mass is 10.0. The molecule has 2 rings (SSSR count). The van der Waals surface area contributed by atoms with Crippen molar-refractivity contribution in [2.75, 3.05) is 18.8 Å². The highest BCUT2D eigenvalue weighted by atomic mass is 35.5. The number of anilines is 1. The van der Waals surface area contributed by atoms with Gasteiger partial charge in [-0.2, -0.15) is 0 Å². The van der Waals surface area contributed by atoms with E-state index < -0.39 is 0 Å². The molecule has 1 aromatic rings. The van der Waals surface area contributed by atoms with Crippen molar-refractivity contribution in [2.45, 2.75) is 51.6 Å². The normalized spacial score (nSPS) is 16.3. The van der Waals surface area contributed by atoms with E-state index >= 15 is 0 Å². The zero-order valence-electron chi connectivity index (χ0n) is 13.5. The average molecular weight is 326 g/mol. The first-order chi connectivity index (χ1) is 10.1. The number of likely N-dealkylation sites (tertiary alicyclic amines) is 1. The first-order valence-corrected chi connectivity index (χ1v) is 7.93. The molecule has 1 aliphatic rings. The van der Waals surface area contributed by atoms with Crippen LogP contribution in [0.4, 0.5) is 5.69 Å². The lowest BCUT2D eigenvalue weighted by Gasteiger charge is -2.34. The summed E-state index contributed by atoms with van der Waals surface area (Å²) in [6, 6.07) is 8.69. The number of nitrogen functional groups attached to an aromatic ring is 1. The van der Waals surface area contributed by atoms with Gasteiger partial charge in [0.15, 0.2) is 0 Å². The van der Waals surface area contributed by atoms with Crippen molar-refractivity contribution in [3.63, 3.8) is 0 Å². The molecule has 0 spiro atoms. The van der Waals surface area contributed by atoms with Gasteiger partial charge < -0.3 is 16.0 Å². The third-order valence-electron chi connectivity index (χ3n) is 4.30. The van der Waals surface area contributed by atoms with Crippen LogP contribution < -0.4 is 11.1 Å². The number of benzene rings is 1. The largest absolute Gasteiger partial charge is 0.399 e. The summed E-state index contributed by atoms with van der Waals surface area (Å²) in [6.45, 7) is 6.61. The van der Waals surface area contributed by atoms with Crippen LogP contribution in [0.1, 0.15) is 38.7 Å². The number of aryl methyl sites for hydroxylation is 1. The van der Waals surface area contributed by atoms with Crippen LogP contribution >= 0.6 is 12.4 Å². The number of piperidine rings is 1. The molecule has 0 radical (unpaired) electrons. The monoisotopic (exact) mass is 325 g/mol. The molecule has 0 bridgehead atoms. The second-order valence-electron chi connectivity index (χ2n) is 6.17. The smallest absolute Gasteiger partial charge is 0.220 e. The molecule has 124 valence electrons. The molecule has 0 atom stereocenters. The number of amides is 1. The lowest BCUT2D eigenvalue weighted by molar-refractivity contribution is -0.122. The fraction of sp³-hybridized carbons (Fsp3) is 0.588. The molecule has 1 aliphatic heterocycles. The Labute approximate surface area is 139 Å². The minimum atomic E-state index is 0. The van der Waals surface area contributed by atoms with Crippen LogP contribution in [0, 0.1) is 0 Å². The number of halogens is 1. The van der Waals surface area contributed by atoms with Crippen LogP contribution in [-0.4, -0.2) is 36.0 Å².